The maximum Gasteiger partial charge on any atom is 0.133 e. The number of nitrogens with one attached hydrogen (secondary N) is 1. The molecule has 1 aromatic carbocycles. The molecule has 1 aromatic rings. The lowest BCUT2D eigenvalue weighted by Crippen LogP contribution is -2.35. The number of hydrogen-bond donors (Lipinski definition) is 1. The van der Waals surface area contributed by atoms with Crippen LogP contribution in [0.5, 0.6) is 5.75 Å². The highest BCUT2D eigenvalue weighted by molar-refractivity contribution is 9.10. The van der Waals surface area contributed by atoms with Crippen molar-refractivity contribution in [3.8, 4) is 5.75 Å². The Morgan fingerprint density at radius 3 is 2.59 bits per heavy atom. The molecule has 1 N–H and O–H groups in total. The number of para-hydroxylation sites is 1. The van der Waals surface area contributed by atoms with Gasteiger partial charge in [0.25, 0.3) is 0 Å². The van der Waals surface area contributed by atoms with Crippen LogP contribution in [0, 0.1) is 5.92 Å². The highest BCUT2D eigenvalue weighted by Gasteiger charge is 2.15. The lowest BCUT2D eigenvalue weighted by atomic mass is 10.1. The van der Waals surface area contributed by atoms with Gasteiger partial charge in [-0.05, 0) is 46.9 Å². The SMILES string of the molecule is CCCNCC(Oc1ccccc1Br)C(C)C. The maximum atomic E-state index is 6.04. The highest BCUT2D eigenvalue weighted by atomic mass is 79.9. The van der Waals surface area contributed by atoms with E-state index in [4.69, 9.17) is 4.74 Å². The number of rotatable bonds is 7. The van der Waals surface area contributed by atoms with E-state index in [9.17, 15) is 0 Å². The molecular formula is C14H22BrNO. The fourth-order valence-corrected chi connectivity index (χ4v) is 1.92. The smallest absolute Gasteiger partial charge is 0.133 e. The van der Waals surface area contributed by atoms with Crippen molar-refractivity contribution < 1.29 is 4.74 Å². The topological polar surface area (TPSA) is 21.3 Å². The van der Waals surface area contributed by atoms with Crippen LogP contribution in [0.4, 0.5) is 0 Å². The summed E-state index contributed by atoms with van der Waals surface area (Å²) in [4.78, 5) is 0. The van der Waals surface area contributed by atoms with Crippen molar-refractivity contribution in [3.63, 3.8) is 0 Å². The Morgan fingerprint density at radius 2 is 2.00 bits per heavy atom. The molecule has 0 radical (unpaired) electrons. The Labute approximate surface area is 113 Å². The molecule has 0 heterocycles. The number of ether oxygens (including phenoxy) is 1. The van der Waals surface area contributed by atoms with Crippen LogP contribution in [-0.4, -0.2) is 19.2 Å². The average Bonchev–Trinajstić information content (AvgIpc) is 2.30. The molecule has 0 amide bonds. The predicted octanol–water partition coefficient (Wildman–Crippen LogP) is 3.85. The van der Waals surface area contributed by atoms with Crippen LogP contribution >= 0.6 is 15.9 Å². The van der Waals surface area contributed by atoms with Crippen molar-refractivity contribution >= 4 is 15.9 Å². The molecular weight excluding hydrogens is 278 g/mol. The minimum atomic E-state index is 0.209. The van der Waals surface area contributed by atoms with Gasteiger partial charge in [-0.15, -0.1) is 0 Å². The largest absolute Gasteiger partial charge is 0.488 e. The first kappa shape index (κ1) is 14.5. The van der Waals surface area contributed by atoms with Crippen molar-refractivity contribution in [3.05, 3.63) is 28.7 Å². The first-order valence-corrected chi connectivity index (χ1v) is 7.06. The molecule has 0 aliphatic rings. The van der Waals surface area contributed by atoms with Gasteiger partial charge in [0.15, 0.2) is 0 Å². The van der Waals surface area contributed by atoms with Crippen LogP contribution in [0.2, 0.25) is 0 Å². The standard InChI is InChI=1S/C14H22BrNO/c1-4-9-16-10-14(11(2)3)17-13-8-6-5-7-12(13)15/h5-8,11,14,16H,4,9-10H2,1-3H3. The van der Waals surface area contributed by atoms with E-state index in [0.29, 0.717) is 5.92 Å². The van der Waals surface area contributed by atoms with Gasteiger partial charge in [-0.3, -0.25) is 0 Å². The molecule has 2 nitrogen and oxygen atoms in total. The average molecular weight is 300 g/mol. The summed E-state index contributed by atoms with van der Waals surface area (Å²) in [5.41, 5.74) is 0. The summed E-state index contributed by atoms with van der Waals surface area (Å²) >= 11 is 3.51. The minimum Gasteiger partial charge on any atom is -0.488 e. The predicted molar refractivity (Wildman–Crippen MR) is 76.6 cm³/mol. The zero-order valence-electron chi connectivity index (χ0n) is 10.9. The van der Waals surface area contributed by atoms with E-state index in [2.05, 4.69) is 42.0 Å². The van der Waals surface area contributed by atoms with Crippen LogP contribution in [0.1, 0.15) is 27.2 Å². The molecule has 0 bridgehead atoms. The van der Waals surface area contributed by atoms with E-state index in [0.717, 1.165) is 29.7 Å². The third kappa shape index (κ3) is 5.09. The van der Waals surface area contributed by atoms with Crippen molar-refractivity contribution in [2.45, 2.75) is 33.3 Å². The normalized spacial score (nSPS) is 12.8. The van der Waals surface area contributed by atoms with E-state index in [1.807, 2.05) is 24.3 Å². The van der Waals surface area contributed by atoms with Crippen LogP contribution in [0.15, 0.2) is 28.7 Å². The van der Waals surface area contributed by atoms with Gasteiger partial charge in [-0.25, -0.2) is 0 Å². The van der Waals surface area contributed by atoms with Crippen LogP contribution in [0.3, 0.4) is 0 Å². The molecule has 1 unspecified atom stereocenters. The molecule has 0 aliphatic heterocycles. The number of benzene rings is 1. The third-order valence-corrected chi connectivity index (χ3v) is 3.29. The molecule has 0 aliphatic carbocycles. The molecule has 17 heavy (non-hydrogen) atoms. The molecule has 0 aromatic heterocycles. The molecule has 0 spiro atoms. The molecule has 96 valence electrons. The summed E-state index contributed by atoms with van der Waals surface area (Å²) in [6.07, 6.45) is 1.36. The van der Waals surface area contributed by atoms with Gasteiger partial charge >= 0.3 is 0 Å². The van der Waals surface area contributed by atoms with Crippen molar-refractivity contribution in [1.82, 2.24) is 5.32 Å². The van der Waals surface area contributed by atoms with Crippen LogP contribution < -0.4 is 10.1 Å². The molecule has 3 heteroatoms. The maximum absolute atomic E-state index is 6.04. The second kappa shape index (κ2) is 7.72. The Kier molecular flexibility index (Phi) is 6.60. The van der Waals surface area contributed by atoms with Gasteiger partial charge in [0.2, 0.25) is 0 Å². The minimum absolute atomic E-state index is 0.209. The fraction of sp³-hybridized carbons (Fsp3) is 0.571. The lowest BCUT2D eigenvalue weighted by molar-refractivity contribution is 0.148. The second-order valence-electron chi connectivity index (χ2n) is 4.53. The van der Waals surface area contributed by atoms with Gasteiger partial charge in [-0.1, -0.05) is 32.9 Å². The van der Waals surface area contributed by atoms with E-state index in [-0.39, 0.29) is 6.10 Å². The fourth-order valence-electron chi connectivity index (χ4n) is 1.54. The number of hydrogen-bond acceptors (Lipinski definition) is 2. The first-order chi connectivity index (χ1) is 8.15. The molecule has 0 fully saturated rings. The van der Waals surface area contributed by atoms with E-state index in [1.54, 1.807) is 0 Å². The van der Waals surface area contributed by atoms with E-state index < -0.39 is 0 Å². The second-order valence-corrected chi connectivity index (χ2v) is 5.39. The van der Waals surface area contributed by atoms with Crippen LogP contribution in [0.25, 0.3) is 0 Å². The lowest BCUT2D eigenvalue weighted by Gasteiger charge is -2.23. The van der Waals surface area contributed by atoms with Crippen molar-refractivity contribution in [1.29, 1.82) is 0 Å². The summed E-state index contributed by atoms with van der Waals surface area (Å²) in [6, 6.07) is 8.00. The summed E-state index contributed by atoms with van der Waals surface area (Å²) < 4.78 is 7.06. The Morgan fingerprint density at radius 1 is 1.29 bits per heavy atom. The third-order valence-electron chi connectivity index (χ3n) is 2.63. The Hall–Kier alpha value is -0.540. The van der Waals surface area contributed by atoms with Gasteiger partial charge in [0.1, 0.15) is 11.9 Å². The molecule has 0 saturated carbocycles. The monoisotopic (exact) mass is 299 g/mol. The van der Waals surface area contributed by atoms with Gasteiger partial charge in [-0.2, -0.15) is 0 Å². The number of halogens is 1. The zero-order valence-corrected chi connectivity index (χ0v) is 12.5. The quantitative estimate of drug-likeness (QED) is 0.772. The Bertz CT molecular complexity index is 328. The zero-order chi connectivity index (χ0) is 12.7. The summed E-state index contributed by atoms with van der Waals surface area (Å²) in [7, 11) is 0. The van der Waals surface area contributed by atoms with Gasteiger partial charge in [0.05, 0.1) is 4.47 Å². The van der Waals surface area contributed by atoms with Crippen LogP contribution in [-0.2, 0) is 0 Å². The summed E-state index contributed by atoms with van der Waals surface area (Å²) in [6.45, 7) is 8.49. The van der Waals surface area contributed by atoms with E-state index >= 15 is 0 Å². The Balaban J connectivity index is 2.57. The van der Waals surface area contributed by atoms with Crippen molar-refractivity contribution in [2.75, 3.05) is 13.1 Å². The summed E-state index contributed by atoms with van der Waals surface area (Å²) in [5, 5.41) is 3.42. The van der Waals surface area contributed by atoms with Crippen molar-refractivity contribution in [2.24, 2.45) is 5.92 Å². The van der Waals surface area contributed by atoms with Gasteiger partial charge in [0, 0.05) is 6.54 Å². The van der Waals surface area contributed by atoms with Gasteiger partial charge < -0.3 is 10.1 Å². The summed E-state index contributed by atoms with van der Waals surface area (Å²) in [5.74, 6) is 1.41. The molecule has 0 saturated heterocycles. The highest BCUT2D eigenvalue weighted by Crippen LogP contribution is 2.26. The molecule has 1 rings (SSSR count). The first-order valence-electron chi connectivity index (χ1n) is 6.27. The molecule has 1 atom stereocenters. The van der Waals surface area contributed by atoms with E-state index in [1.165, 1.54) is 0 Å².